The summed E-state index contributed by atoms with van der Waals surface area (Å²) in [5, 5.41) is 8.67. The monoisotopic (exact) mass is 171 g/mol. The van der Waals surface area contributed by atoms with Crippen LogP contribution in [0.2, 0.25) is 0 Å². The molecule has 0 bridgehead atoms. The molecule has 1 fully saturated rings. The van der Waals surface area contributed by atoms with Crippen LogP contribution in [0.4, 0.5) is 4.79 Å². The molecule has 0 radical (unpaired) electrons. The highest BCUT2D eigenvalue weighted by atomic mass is 16.2. The SMILES string of the molecule is CNC(=O)NCC[C@H]1CCCN1. The zero-order valence-corrected chi connectivity index (χ0v) is 7.52. The van der Waals surface area contributed by atoms with E-state index in [1.165, 1.54) is 12.8 Å². The molecule has 12 heavy (non-hydrogen) atoms. The van der Waals surface area contributed by atoms with Gasteiger partial charge in [0.1, 0.15) is 0 Å². The molecule has 1 saturated heterocycles. The summed E-state index contributed by atoms with van der Waals surface area (Å²) in [4.78, 5) is 10.7. The second kappa shape index (κ2) is 4.98. The van der Waals surface area contributed by atoms with E-state index >= 15 is 0 Å². The Morgan fingerprint density at radius 1 is 1.67 bits per heavy atom. The zero-order chi connectivity index (χ0) is 8.81. The van der Waals surface area contributed by atoms with Gasteiger partial charge in [-0.25, -0.2) is 4.79 Å². The van der Waals surface area contributed by atoms with Crippen LogP contribution in [0.3, 0.4) is 0 Å². The average molecular weight is 171 g/mol. The van der Waals surface area contributed by atoms with Gasteiger partial charge in [-0.15, -0.1) is 0 Å². The van der Waals surface area contributed by atoms with Crippen molar-refractivity contribution < 1.29 is 4.79 Å². The van der Waals surface area contributed by atoms with E-state index in [1.54, 1.807) is 7.05 Å². The van der Waals surface area contributed by atoms with Crippen molar-refractivity contribution in [3.63, 3.8) is 0 Å². The van der Waals surface area contributed by atoms with Crippen LogP contribution in [0.15, 0.2) is 0 Å². The molecular formula is C8H17N3O. The summed E-state index contributed by atoms with van der Waals surface area (Å²) in [5.74, 6) is 0. The first-order valence-electron chi connectivity index (χ1n) is 4.52. The van der Waals surface area contributed by atoms with Gasteiger partial charge in [0.25, 0.3) is 0 Å². The predicted molar refractivity (Wildman–Crippen MR) is 48.1 cm³/mol. The molecule has 0 aromatic rings. The average Bonchev–Trinajstić information content (AvgIpc) is 2.57. The Bertz CT molecular complexity index is 143. The zero-order valence-electron chi connectivity index (χ0n) is 7.52. The highest BCUT2D eigenvalue weighted by Crippen LogP contribution is 2.07. The number of hydrogen-bond acceptors (Lipinski definition) is 2. The van der Waals surface area contributed by atoms with E-state index in [0.717, 1.165) is 19.5 Å². The minimum Gasteiger partial charge on any atom is -0.341 e. The Labute approximate surface area is 73.1 Å². The van der Waals surface area contributed by atoms with Gasteiger partial charge in [0, 0.05) is 19.6 Å². The van der Waals surface area contributed by atoms with Gasteiger partial charge in [-0.05, 0) is 25.8 Å². The molecule has 0 aromatic heterocycles. The fraction of sp³-hybridized carbons (Fsp3) is 0.875. The van der Waals surface area contributed by atoms with Crippen molar-refractivity contribution >= 4 is 6.03 Å². The van der Waals surface area contributed by atoms with Crippen molar-refractivity contribution in [2.24, 2.45) is 0 Å². The van der Waals surface area contributed by atoms with E-state index < -0.39 is 0 Å². The molecule has 1 aliphatic rings. The molecule has 70 valence electrons. The molecule has 0 aliphatic carbocycles. The summed E-state index contributed by atoms with van der Waals surface area (Å²) in [7, 11) is 1.63. The van der Waals surface area contributed by atoms with Crippen molar-refractivity contribution in [1.29, 1.82) is 0 Å². The van der Waals surface area contributed by atoms with Crippen molar-refractivity contribution in [3.8, 4) is 0 Å². The molecule has 1 rings (SSSR count). The summed E-state index contributed by atoms with van der Waals surface area (Å²) in [5.41, 5.74) is 0. The van der Waals surface area contributed by atoms with Crippen LogP contribution < -0.4 is 16.0 Å². The molecule has 4 heteroatoms. The van der Waals surface area contributed by atoms with Gasteiger partial charge in [-0.3, -0.25) is 0 Å². The van der Waals surface area contributed by atoms with Crippen LogP contribution in [-0.2, 0) is 0 Å². The normalized spacial score (nSPS) is 22.2. The van der Waals surface area contributed by atoms with Crippen LogP contribution in [0.5, 0.6) is 0 Å². The molecule has 1 heterocycles. The fourth-order valence-electron chi connectivity index (χ4n) is 1.45. The maximum Gasteiger partial charge on any atom is 0.314 e. The molecule has 1 atom stereocenters. The second-order valence-corrected chi connectivity index (χ2v) is 3.09. The van der Waals surface area contributed by atoms with E-state index in [9.17, 15) is 4.79 Å². The standard InChI is InChI=1S/C8H17N3O/c1-9-8(12)11-6-4-7-3-2-5-10-7/h7,10H,2-6H2,1H3,(H2,9,11,12)/t7-/m1/s1. The predicted octanol–water partition coefficient (Wildman–Crippen LogP) is 0.0575. The molecule has 1 aliphatic heterocycles. The lowest BCUT2D eigenvalue weighted by atomic mass is 10.2. The quantitative estimate of drug-likeness (QED) is 0.562. The minimum atomic E-state index is -0.0898. The van der Waals surface area contributed by atoms with Gasteiger partial charge in [-0.1, -0.05) is 0 Å². The number of hydrogen-bond donors (Lipinski definition) is 3. The number of carbonyl (C=O) groups is 1. The van der Waals surface area contributed by atoms with E-state index in [1.807, 2.05) is 0 Å². The summed E-state index contributed by atoms with van der Waals surface area (Å²) in [6.07, 6.45) is 3.55. The largest absolute Gasteiger partial charge is 0.341 e. The summed E-state index contributed by atoms with van der Waals surface area (Å²) < 4.78 is 0. The lowest BCUT2D eigenvalue weighted by molar-refractivity contribution is 0.242. The second-order valence-electron chi connectivity index (χ2n) is 3.09. The molecule has 0 aromatic carbocycles. The van der Waals surface area contributed by atoms with E-state index in [-0.39, 0.29) is 6.03 Å². The first-order chi connectivity index (χ1) is 5.83. The minimum absolute atomic E-state index is 0.0898. The number of urea groups is 1. The van der Waals surface area contributed by atoms with Crippen LogP contribution in [0.1, 0.15) is 19.3 Å². The lowest BCUT2D eigenvalue weighted by Crippen LogP contribution is -2.35. The van der Waals surface area contributed by atoms with Crippen molar-refractivity contribution in [2.45, 2.75) is 25.3 Å². The molecule has 0 unspecified atom stereocenters. The maximum atomic E-state index is 10.7. The lowest BCUT2D eigenvalue weighted by Gasteiger charge is -2.09. The van der Waals surface area contributed by atoms with Gasteiger partial charge in [-0.2, -0.15) is 0 Å². The third-order valence-corrected chi connectivity index (χ3v) is 2.17. The van der Waals surface area contributed by atoms with Crippen LogP contribution in [-0.4, -0.2) is 32.2 Å². The molecule has 2 amide bonds. The molecule has 0 spiro atoms. The molecule has 4 nitrogen and oxygen atoms in total. The number of amides is 2. The van der Waals surface area contributed by atoms with Crippen LogP contribution in [0.25, 0.3) is 0 Å². The van der Waals surface area contributed by atoms with Gasteiger partial charge < -0.3 is 16.0 Å². The first-order valence-corrected chi connectivity index (χ1v) is 4.52. The third kappa shape index (κ3) is 3.09. The number of rotatable bonds is 3. The summed E-state index contributed by atoms with van der Waals surface area (Å²) in [6, 6.07) is 0.523. The number of nitrogens with one attached hydrogen (secondary N) is 3. The topological polar surface area (TPSA) is 53.2 Å². The van der Waals surface area contributed by atoms with Crippen molar-refractivity contribution in [1.82, 2.24) is 16.0 Å². The molecule has 0 saturated carbocycles. The van der Waals surface area contributed by atoms with Crippen molar-refractivity contribution in [3.05, 3.63) is 0 Å². The van der Waals surface area contributed by atoms with E-state index in [0.29, 0.717) is 6.04 Å². The Balaban J connectivity index is 1.97. The first kappa shape index (κ1) is 9.32. The van der Waals surface area contributed by atoms with E-state index in [2.05, 4.69) is 16.0 Å². The van der Waals surface area contributed by atoms with Gasteiger partial charge >= 0.3 is 6.03 Å². The van der Waals surface area contributed by atoms with E-state index in [4.69, 9.17) is 0 Å². The van der Waals surface area contributed by atoms with Gasteiger partial charge in [0.05, 0.1) is 0 Å². The van der Waals surface area contributed by atoms with Gasteiger partial charge in [0.2, 0.25) is 0 Å². The summed E-state index contributed by atoms with van der Waals surface area (Å²) in [6.45, 7) is 1.89. The van der Waals surface area contributed by atoms with Crippen LogP contribution in [0, 0.1) is 0 Å². The smallest absolute Gasteiger partial charge is 0.314 e. The Hall–Kier alpha value is -0.770. The maximum absolute atomic E-state index is 10.7. The van der Waals surface area contributed by atoms with Crippen LogP contribution >= 0.6 is 0 Å². The Morgan fingerprint density at radius 2 is 2.50 bits per heavy atom. The summed E-state index contributed by atoms with van der Waals surface area (Å²) >= 11 is 0. The van der Waals surface area contributed by atoms with Gasteiger partial charge in [0.15, 0.2) is 0 Å². The highest BCUT2D eigenvalue weighted by Gasteiger charge is 2.12. The third-order valence-electron chi connectivity index (χ3n) is 2.17. The number of carbonyl (C=O) groups excluding carboxylic acids is 1. The Morgan fingerprint density at radius 3 is 3.08 bits per heavy atom. The van der Waals surface area contributed by atoms with Crippen molar-refractivity contribution in [2.75, 3.05) is 20.1 Å². The highest BCUT2D eigenvalue weighted by molar-refractivity contribution is 5.73. The Kier molecular flexibility index (Phi) is 3.87. The molecular weight excluding hydrogens is 154 g/mol. The fourth-order valence-corrected chi connectivity index (χ4v) is 1.45. The molecule has 3 N–H and O–H groups in total.